The standard InChI is InChI=1S/C16H20BrNOS/c1-4-13(18)16(15-8-12(17)9-20-15)19-14-6-5-10(2)7-11(14)3/h5-9,13,16H,4,18H2,1-3H3. The minimum absolute atomic E-state index is 0.0127. The van der Waals surface area contributed by atoms with Crippen LogP contribution < -0.4 is 10.5 Å². The Bertz CT molecular complexity index is 582. The molecule has 2 rings (SSSR count). The average molecular weight is 354 g/mol. The van der Waals surface area contributed by atoms with E-state index in [1.807, 2.05) is 6.07 Å². The van der Waals surface area contributed by atoms with Crippen LogP contribution in [0.5, 0.6) is 5.75 Å². The number of benzene rings is 1. The van der Waals surface area contributed by atoms with Gasteiger partial charge in [-0.05, 0) is 53.9 Å². The van der Waals surface area contributed by atoms with Gasteiger partial charge >= 0.3 is 0 Å². The zero-order valence-electron chi connectivity index (χ0n) is 12.0. The maximum absolute atomic E-state index is 6.25. The molecule has 2 atom stereocenters. The van der Waals surface area contributed by atoms with Gasteiger partial charge in [0.25, 0.3) is 0 Å². The van der Waals surface area contributed by atoms with Crippen LogP contribution in [0.2, 0.25) is 0 Å². The van der Waals surface area contributed by atoms with E-state index in [0.29, 0.717) is 0 Å². The summed E-state index contributed by atoms with van der Waals surface area (Å²) in [5, 5.41) is 2.07. The number of nitrogens with two attached hydrogens (primary N) is 1. The van der Waals surface area contributed by atoms with Gasteiger partial charge in [-0.25, -0.2) is 0 Å². The minimum Gasteiger partial charge on any atom is -0.483 e. The highest BCUT2D eigenvalue weighted by atomic mass is 79.9. The zero-order chi connectivity index (χ0) is 14.7. The van der Waals surface area contributed by atoms with Gasteiger partial charge in [0.15, 0.2) is 0 Å². The highest BCUT2D eigenvalue weighted by Gasteiger charge is 2.23. The van der Waals surface area contributed by atoms with Crippen molar-refractivity contribution >= 4 is 27.3 Å². The third kappa shape index (κ3) is 3.62. The molecule has 2 nitrogen and oxygen atoms in total. The quantitative estimate of drug-likeness (QED) is 0.821. The van der Waals surface area contributed by atoms with Gasteiger partial charge in [-0.15, -0.1) is 11.3 Å². The Labute approximate surface area is 133 Å². The number of hydrogen-bond acceptors (Lipinski definition) is 3. The van der Waals surface area contributed by atoms with E-state index in [4.69, 9.17) is 10.5 Å². The van der Waals surface area contributed by atoms with Gasteiger partial charge in [0.2, 0.25) is 0 Å². The van der Waals surface area contributed by atoms with Crippen molar-refractivity contribution in [1.82, 2.24) is 0 Å². The van der Waals surface area contributed by atoms with Crippen molar-refractivity contribution in [3.05, 3.63) is 50.1 Å². The zero-order valence-corrected chi connectivity index (χ0v) is 14.4. The highest BCUT2D eigenvalue weighted by Crippen LogP contribution is 2.33. The van der Waals surface area contributed by atoms with E-state index in [1.54, 1.807) is 11.3 Å². The van der Waals surface area contributed by atoms with Crippen LogP contribution in [0.3, 0.4) is 0 Å². The van der Waals surface area contributed by atoms with Crippen LogP contribution >= 0.6 is 27.3 Å². The van der Waals surface area contributed by atoms with E-state index in [1.165, 1.54) is 5.56 Å². The van der Waals surface area contributed by atoms with E-state index in [0.717, 1.165) is 27.1 Å². The summed E-state index contributed by atoms with van der Waals surface area (Å²) in [5.41, 5.74) is 8.64. The molecule has 4 heteroatoms. The Hall–Kier alpha value is -0.840. The van der Waals surface area contributed by atoms with Crippen molar-refractivity contribution in [3.8, 4) is 5.75 Å². The summed E-state index contributed by atoms with van der Waals surface area (Å²) < 4.78 is 7.30. The monoisotopic (exact) mass is 353 g/mol. The molecule has 1 aromatic heterocycles. The molecular weight excluding hydrogens is 334 g/mol. The Kier molecular flexibility index (Phi) is 5.24. The second kappa shape index (κ2) is 6.74. The second-order valence-electron chi connectivity index (χ2n) is 5.05. The van der Waals surface area contributed by atoms with Gasteiger partial charge in [-0.3, -0.25) is 0 Å². The van der Waals surface area contributed by atoms with E-state index < -0.39 is 0 Å². The molecule has 0 spiro atoms. The molecular formula is C16H20BrNOS. The van der Waals surface area contributed by atoms with Crippen molar-refractivity contribution in [3.63, 3.8) is 0 Å². The first-order valence-corrected chi connectivity index (χ1v) is 8.42. The molecule has 0 aliphatic heterocycles. The lowest BCUT2D eigenvalue weighted by molar-refractivity contribution is 0.173. The van der Waals surface area contributed by atoms with E-state index >= 15 is 0 Å². The lowest BCUT2D eigenvalue weighted by Gasteiger charge is -2.24. The summed E-state index contributed by atoms with van der Waals surface area (Å²) in [4.78, 5) is 1.16. The van der Waals surface area contributed by atoms with Gasteiger partial charge in [-0.1, -0.05) is 24.6 Å². The largest absolute Gasteiger partial charge is 0.483 e. The lowest BCUT2D eigenvalue weighted by atomic mass is 10.1. The molecule has 0 radical (unpaired) electrons. The number of halogens is 1. The predicted octanol–water partition coefficient (Wildman–Crippen LogP) is 4.98. The summed E-state index contributed by atoms with van der Waals surface area (Å²) in [6.07, 6.45) is 0.781. The van der Waals surface area contributed by atoms with Crippen molar-refractivity contribution in [2.24, 2.45) is 5.73 Å². The molecule has 0 saturated carbocycles. The Morgan fingerprint density at radius 3 is 2.60 bits per heavy atom. The van der Waals surface area contributed by atoms with Crippen LogP contribution in [0, 0.1) is 13.8 Å². The topological polar surface area (TPSA) is 35.2 Å². The first kappa shape index (κ1) is 15.5. The SMILES string of the molecule is CCC(N)C(Oc1ccc(C)cc1C)c1cc(Br)cs1. The third-order valence-corrected chi connectivity index (χ3v) is 5.07. The smallest absolute Gasteiger partial charge is 0.148 e. The number of thiophene rings is 1. The second-order valence-corrected chi connectivity index (χ2v) is 6.91. The molecule has 2 aromatic rings. The molecule has 0 aliphatic carbocycles. The van der Waals surface area contributed by atoms with E-state index in [-0.39, 0.29) is 12.1 Å². The molecule has 1 aromatic carbocycles. The van der Waals surface area contributed by atoms with Gasteiger partial charge in [0.1, 0.15) is 11.9 Å². The molecule has 0 amide bonds. The fourth-order valence-corrected chi connectivity index (χ4v) is 3.66. The molecule has 2 N–H and O–H groups in total. The van der Waals surface area contributed by atoms with Gasteiger partial charge in [0, 0.05) is 20.8 Å². The fraction of sp³-hybridized carbons (Fsp3) is 0.375. The van der Waals surface area contributed by atoms with Crippen molar-refractivity contribution in [1.29, 1.82) is 0 Å². The fourth-order valence-electron chi connectivity index (χ4n) is 2.12. The van der Waals surface area contributed by atoms with Crippen LogP contribution in [0.1, 0.15) is 35.5 Å². The third-order valence-electron chi connectivity index (χ3n) is 3.31. The number of aryl methyl sites for hydroxylation is 2. The number of ether oxygens (including phenoxy) is 1. The Morgan fingerprint density at radius 1 is 1.30 bits per heavy atom. The Morgan fingerprint density at radius 2 is 2.05 bits per heavy atom. The summed E-state index contributed by atoms with van der Waals surface area (Å²) in [6.45, 7) is 6.25. The van der Waals surface area contributed by atoms with Crippen LogP contribution in [0.25, 0.3) is 0 Å². The molecule has 0 saturated heterocycles. The molecule has 0 bridgehead atoms. The van der Waals surface area contributed by atoms with Crippen molar-refractivity contribution < 1.29 is 4.74 Å². The number of rotatable bonds is 5. The predicted molar refractivity (Wildman–Crippen MR) is 89.6 cm³/mol. The molecule has 1 heterocycles. The van der Waals surface area contributed by atoms with Crippen LogP contribution in [-0.4, -0.2) is 6.04 Å². The molecule has 2 unspecified atom stereocenters. The summed E-state index contributed by atoms with van der Waals surface area (Å²) in [5.74, 6) is 0.911. The first-order chi connectivity index (χ1) is 9.51. The van der Waals surface area contributed by atoms with E-state index in [9.17, 15) is 0 Å². The van der Waals surface area contributed by atoms with Crippen molar-refractivity contribution in [2.75, 3.05) is 0 Å². The minimum atomic E-state index is -0.0993. The molecule has 20 heavy (non-hydrogen) atoms. The van der Waals surface area contributed by atoms with Crippen LogP contribution in [-0.2, 0) is 0 Å². The van der Waals surface area contributed by atoms with Gasteiger partial charge in [-0.2, -0.15) is 0 Å². The Balaban J connectivity index is 2.28. The summed E-state index contributed by atoms with van der Waals surface area (Å²) >= 11 is 5.17. The summed E-state index contributed by atoms with van der Waals surface area (Å²) in [7, 11) is 0. The maximum atomic E-state index is 6.25. The highest BCUT2D eigenvalue weighted by molar-refractivity contribution is 9.10. The normalized spacial score (nSPS) is 14.1. The van der Waals surface area contributed by atoms with Crippen LogP contribution in [0.4, 0.5) is 0 Å². The molecule has 0 fully saturated rings. The lowest BCUT2D eigenvalue weighted by Crippen LogP contribution is -2.31. The van der Waals surface area contributed by atoms with Gasteiger partial charge in [0.05, 0.1) is 0 Å². The van der Waals surface area contributed by atoms with Crippen molar-refractivity contribution in [2.45, 2.75) is 39.3 Å². The number of hydrogen-bond donors (Lipinski definition) is 1. The first-order valence-electron chi connectivity index (χ1n) is 6.74. The van der Waals surface area contributed by atoms with E-state index in [2.05, 4.69) is 60.3 Å². The average Bonchev–Trinajstić information content (AvgIpc) is 2.83. The van der Waals surface area contributed by atoms with Gasteiger partial charge < -0.3 is 10.5 Å². The molecule has 108 valence electrons. The molecule has 0 aliphatic rings. The summed E-state index contributed by atoms with van der Waals surface area (Å²) in [6, 6.07) is 8.31. The maximum Gasteiger partial charge on any atom is 0.148 e. The van der Waals surface area contributed by atoms with Crippen LogP contribution in [0.15, 0.2) is 34.1 Å².